The van der Waals surface area contributed by atoms with E-state index >= 15 is 0 Å². The van der Waals surface area contributed by atoms with E-state index in [1.165, 1.54) is 31.5 Å². The molecule has 3 heteroatoms. The molecule has 22 heavy (non-hydrogen) atoms. The third kappa shape index (κ3) is 4.09. The summed E-state index contributed by atoms with van der Waals surface area (Å²) in [6.45, 7) is 4.52. The molecule has 0 saturated carbocycles. The number of aromatic hydroxyl groups is 1. The van der Waals surface area contributed by atoms with Crippen LogP contribution >= 0.6 is 0 Å². The maximum Gasteiger partial charge on any atom is 0.124 e. The van der Waals surface area contributed by atoms with Crippen LogP contribution in [0.2, 0.25) is 0 Å². The summed E-state index contributed by atoms with van der Waals surface area (Å²) in [4.78, 5) is 1.69. The number of nitrogens with two attached hydrogens (primary N) is 1. The largest absolute Gasteiger partial charge is 0.507 e. The molecule has 0 atom stereocenters. The number of hydrogen-bond acceptors (Lipinski definition) is 1. The molecule has 0 aliphatic carbocycles. The van der Waals surface area contributed by atoms with Crippen LogP contribution in [0.25, 0.3) is 0 Å². The predicted octanol–water partition coefficient (Wildman–Crippen LogP) is 0.703. The summed E-state index contributed by atoms with van der Waals surface area (Å²) in [6.07, 6.45) is 2.52. The molecule has 0 unspecified atom stereocenters. The lowest BCUT2D eigenvalue weighted by Gasteiger charge is -2.28. The average molecular weight is 298 g/mol. The molecule has 0 spiro atoms. The Kier molecular flexibility index (Phi) is 5.09. The van der Waals surface area contributed by atoms with Crippen LogP contribution in [0.1, 0.15) is 24.0 Å². The molecule has 3 nitrogen and oxygen atoms in total. The topological polar surface area (TPSA) is 41.3 Å². The van der Waals surface area contributed by atoms with Gasteiger partial charge in [0, 0.05) is 24.0 Å². The third-order valence-corrected chi connectivity index (χ3v) is 4.70. The van der Waals surface area contributed by atoms with Gasteiger partial charge in [-0.1, -0.05) is 42.5 Å². The molecule has 3 rings (SSSR count). The second-order valence-corrected chi connectivity index (χ2v) is 6.32. The van der Waals surface area contributed by atoms with Crippen LogP contribution in [-0.2, 0) is 13.1 Å². The zero-order valence-electron chi connectivity index (χ0n) is 13.0. The molecule has 1 aliphatic rings. The van der Waals surface area contributed by atoms with Crippen LogP contribution in [0, 0.1) is 0 Å². The molecule has 0 amide bonds. The number of nitrogens with one attached hydrogen (secondary N) is 1. The maximum atomic E-state index is 9.82. The first kappa shape index (κ1) is 15.1. The van der Waals surface area contributed by atoms with Crippen molar-refractivity contribution in [3.8, 4) is 5.75 Å². The SMILES string of the molecule is Oc1ccccc1C[NH2+]C1CC[NH+](Cc2ccccc2)CC1. The van der Waals surface area contributed by atoms with Crippen molar-refractivity contribution in [3.63, 3.8) is 0 Å². The van der Waals surface area contributed by atoms with Crippen LogP contribution in [0.4, 0.5) is 0 Å². The number of benzene rings is 2. The first-order chi connectivity index (χ1) is 10.8. The number of hydrogen-bond donors (Lipinski definition) is 3. The number of piperidine rings is 1. The minimum absolute atomic E-state index is 0.422. The third-order valence-electron chi connectivity index (χ3n) is 4.70. The van der Waals surface area contributed by atoms with Crippen LogP contribution in [0.15, 0.2) is 54.6 Å². The lowest BCUT2D eigenvalue weighted by Crippen LogP contribution is -3.13. The van der Waals surface area contributed by atoms with E-state index in [2.05, 4.69) is 35.6 Å². The summed E-state index contributed by atoms with van der Waals surface area (Å²) in [5, 5.41) is 12.2. The van der Waals surface area contributed by atoms with Gasteiger partial charge in [-0.25, -0.2) is 0 Å². The molecule has 4 N–H and O–H groups in total. The molecule has 1 heterocycles. The van der Waals surface area contributed by atoms with Crippen molar-refractivity contribution >= 4 is 0 Å². The van der Waals surface area contributed by atoms with Crippen molar-refractivity contribution in [1.82, 2.24) is 0 Å². The second kappa shape index (κ2) is 7.43. The summed E-state index contributed by atoms with van der Waals surface area (Å²) in [7, 11) is 0. The molecule has 1 saturated heterocycles. The molecule has 0 radical (unpaired) electrons. The minimum Gasteiger partial charge on any atom is -0.507 e. The molecule has 2 aromatic carbocycles. The minimum atomic E-state index is 0.422. The van der Waals surface area contributed by atoms with E-state index in [-0.39, 0.29) is 0 Å². The lowest BCUT2D eigenvalue weighted by atomic mass is 10.0. The van der Waals surface area contributed by atoms with Crippen LogP contribution in [0.5, 0.6) is 5.75 Å². The van der Waals surface area contributed by atoms with Crippen molar-refractivity contribution in [2.45, 2.75) is 32.0 Å². The fraction of sp³-hybridized carbons (Fsp3) is 0.368. The summed E-state index contributed by atoms with van der Waals surface area (Å²) in [5.74, 6) is 0.422. The number of likely N-dealkylation sites (tertiary alicyclic amines) is 1. The number of para-hydroxylation sites is 1. The molecule has 2 aromatic rings. The summed E-state index contributed by atoms with van der Waals surface area (Å²) < 4.78 is 0. The number of phenolic OH excluding ortho intramolecular Hbond substituents is 1. The monoisotopic (exact) mass is 298 g/mol. The van der Waals surface area contributed by atoms with Gasteiger partial charge >= 0.3 is 0 Å². The second-order valence-electron chi connectivity index (χ2n) is 6.32. The van der Waals surface area contributed by atoms with Crippen LogP contribution < -0.4 is 10.2 Å². The zero-order valence-corrected chi connectivity index (χ0v) is 13.0. The van der Waals surface area contributed by atoms with E-state index in [4.69, 9.17) is 0 Å². The normalized spacial score (nSPS) is 21.6. The van der Waals surface area contributed by atoms with E-state index in [1.807, 2.05) is 18.2 Å². The summed E-state index contributed by atoms with van der Waals surface area (Å²) in [6, 6.07) is 19.1. The first-order valence-electron chi connectivity index (χ1n) is 8.29. The Hall–Kier alpha value is -1.84. The van der Waals surface area contributed by atoms with Crippen molar-refractivity contribution in [1.29, 1.82) is 0 Å². The Balaban J connectivity index is 1.43. The Morgan fingerprint density at radius 1 is 0.955 bits per heavy atom. The molecule has 116 valence electrons. The van der Waals surface area contributed by atoms with Gasteiger partial charge in [0.15, 0.2) is 0 Å². The summed E-state index contributed by atoms with van der Waals surface area (Å²) in [5.41, 5.74) is 2.48. The Bertz CT molecular complexity index is 577. The zero-order chi connectivity index (χ0) is 15.2. The van der Waals surface area contributed by atoms with Gasteiger partial charge in [0.25, 0.3) is 0 Å². The Morgan fingerprint density at radius 2 is 1.64 bits per heavy atom. The highest BCUT2D eigenvalue weighted by molar-refractivity contribution is 5.30. The predicted molar refractivity (Wildman–Crippen MR) is 87.6 cm³/mol. The summed E-state index contributed by atoms with van der Waals surface area (Å²) >= 11 is 0. The van der Waals surface area contributed by atoms with E-state index in [9.17, 15) is 5.11 Å². The van der Waals surface area contributed by atoms with Gasteiger partial charge < -0.3 is 15.3 Å². The van der Waals surface area contributed by atoms with Gasteiger partial charge in [-0.05, 0) is 12.1 Å². The van der Waals surface area contributed by atoms with Crippen LogP contribution in [0.3, 0.4) is 0 Å². The van der Waals surface area contributed by atoms with Crippen molar-refractivity contribution in [2.75, 3.05) is 13.1 Å². The maximum absolute atomic E-state index is 9.82. The standard InChI is InChI=1S/C19H24N2O/c22-19-9-5-4-8-17(19)14-20-18-10-12-21(13-11-18)15-16-6-2-1-3-7-16/h1-9,18,20,22H,10-15H2/p+2. The number of phenols is 1. The van der Waals surface area contributed by atoms with E-state index in [0.717, 1.165) is 18.7 Å². The molecule has 0 bridgehead atoms. The van der Waals surface area contributed by atoms with E-state index in [0.29, 0.717) is 11.8 Å². The van der Waals surface area contributed by atoms with Gasteiger partial charge in [-0.15, -0.1) is 0 Å². The van der Waals surface area contributed by atoms with E-state index in [1.54, 1.807) is 11.0 Å². The lowest BCUT2D eigenvalue weighted by molar-refractivity contribution is -0.926. The van der Waals surface area contributed by atoms with Crippen molar-refractivity contribution in [2.24, 2.45) is 0 Å². The Labute approximate surface area is 132 Å². The van der Waals surface area contributed by atoms with Gasteiger partial charge in [0.1, 0.15) is 18.8 Å². The van der Waals surface area contributed by atoms with Gasteiger partial charge in [-0.2, -0.15) is 0 Å². The molecular weight excluding hydrogens is 272 g/mol. The van der Waals surface area contributed by atoms with Crippen molar-refractivity contribution < 1.29 is 15.3 Å². The average Bonchev–Trinajstić information content (AvgIpc) is 2.56. The molecular formula is C19H26N2O+2. The number of rotatable bonds is 5. The molecule has 0 aromatic heterocycles. The van der Waals surface area contributed by atoms with Gasteiger partial charge in [0.2, 0.25) is 0 Å². The van der Waals surface area contributed by atoms with Gasteiger partial charge in [-0.3, -0.25) is 0 Å². The van der Waals surface area contributed by atoms with E-state index < -0.39 is 0 Å². The van der Waals surface area contributed by atoms with Crippen LogP contribution in [-0.4, -0.2) is 24.2 Å². The highest BCUT2D eigenvalue weighted by Gasteiger charge is 2.24. The smallest absolute Gasteiger partial charge is 0.124 e. The fourth-order valence-corrected chi connectivity index (χ4v) is 3.32. The molecule has 1 aliphatic heterocycles. The van der Waals surface area contributed by atoms with Gasteiger partial charge in [0.05, 0.1) is 19.1 Å². The molecule has 1 fully saturated rings. The number of quaternary nitrogens is 2. The highest BCUT2D eigenvalue weighted by atomic mass is 16.3. The fourth-order valence-electron chi connectivity index (χ4n) is 3.32. The quantitative estimate of drug-likeness (QED) is 0.747. The first-order valence-corrected chi connectivity index (χ1v) is 8.29. The Morgan fingerprint density at radius 3 is 2.36 bits per heavy atom. The highest BCUT2D eigenvalue weighted by Crippen LogP contribution is 2.13. The van der Waals surface area contributed by atoms with Crippen molar-refractivity contribution in [3.05, 3.63) is 65.7 Å².